The Morgan fingerprint density at radius 2 is 0.958 bits per heavy atom. The average Bonchev–Trinajstić information content (AvgIpc) is 3.09. The van der Waals surface area contributed by atoms with E-state index in [1.807, 2.05) is 54.7 Å². The number of allylic oxidation sites excluding steroid dienone is 14. The van der Waals surface area contributed by atoms with E-state index >= 15 is 0 Å². The minimum atomic E-state index is -0.803. The van der Waals surface area contributed by atoms with Gasteiger partial charge in [0.2, 0.25) is 0 Å². The molecule has 0 radical (unpaired) electrons. The van der Waals surface area contributed by atoms with Gasteiger partial charge in [-0.3, -0.25) is 9.59 Å². The number of unbranched alkanes of at least 4 members (excludes halogenated alkanes) is 15. The lowest BCUT2D eigenvalue weighted by Crippen LogP contribution is -2.28. The summed E-state index contributed by atoms with van der Waals surface area (Å²) in [6.45, 7) is 3.81. The molecule has 0 fully saturated rings. The molecule has 1 N–H and O–H groups in total. The molecule has 0 aromatic carbocycles. The highest BCUT2D eigenvalue weighted by molar-refractivity contribution is 5.70. The van der Waals surface area contributed by atoms with Crippen molar-refractivity contribution in [3.63, 3.8) is 0 Å². The van der Waals surface area contributed by atoms with Gasteiger partial charge in [-0.25, -0.2) is 0 Å². The van der Waals surface area contributed by atoms with E-state index in [4.69, 9.17) is 9.47 Å². The van der Waals surface area contributed by atoms with Crippen LogP contribution in [0.15, 0.2) is 85.1 Å². The lowest BCUT2D eigenvalue weighted by atomic mass is 10.0. The second-order valence-electron chi connectivity index (χ2n) is 12.4. The normalized spacial score (nSPS) is 13.1. The van der Waals surface area contributed by atoms with Gasteiger partial charge in [0.1, 0.15) is 6.61 Å². The van der Waals surface area contributed by atoms with Crippen molar-refractivity contribution < 1.29 is 24.2 Å². The summed E-state index contributed by atoms with van der Waals surface area (Å²) in [6.07, 6.45) is 52.3. The maximum absolute atomic E-state index is 12.2. The SMILES string of the molecule is CC/C=C/C=C/C=C/C=C/C=C/CCCC(=O)OCC(CO)OC(=O)CCCCCCCCCCCCCCCC/C=C/C/C=C/CC. The van der Waals surface area contributed by atoms with Crippen LogP contribution < -0.4 is 0 Å². The molecule has 0 aliphatic heterocycles. The minimum absolute atomic E-state index is 0.107. The van der Waals surface area contributed by atoms with Gasteiger partial charge < -0.3 is 14.6 Å². The molecule has 0 aromatic heterocycles. The second-order valence-corrected chi connectivity index (χ2v) is 12.4. The van der Waals surface area contributed by atoms with Crippen LogP contribution in [0.4, 0.5) is 0 Å². The minimum Gasteiger partial charge on any atom is -0.462 e. The summed E-state index contributed by atoms with van der Waals surface area (Å²) in [7, 11) is 0. The van der Waals surface area contributed by atoms with E-state index in [0.29, 0.717) is 12.8 Å². The summed E-state index contributed by atoms with van der Waals surface area (Å²) in [6, 6.07) is 0. The Kier molecular flexibility index (Phi) is 36.2. The number of hydrogen-bond donors (Lipinski definition) is 1. The first kappa shape index (κ1) is 45.1. The highest BCUT2D eigenvalue weighted by atomic mass is 16.6. The third-order valence-corrected chi connectivity index (χ3v) is 7.81. The molecule has 0 rings (SSSR count). The Morgan fingerprint density at radius 3 is 1.52 bits per heavy atom. The number of carbonyl (C=O) groups is 2. The summed E-state index contributed by atoms with van der Waals surface area (Å²) < 4.78 is 10.5. The monoisotopic (exact) mass is 667 g/mol. The maximum Gasteiger partial charge on any atom is 0.306 e. The molecule has 0 aliphatic rings. The van der Waals surface area contributed by atoms with E-state index < -0.39 is 6.10 Å². The number of carbonyl (C=O) groups excluding carboxylic acids is 2. The Labute approximate surface area is 295 Å². The summed E-state index contributed by atoms with van der Waals surface area (Å²) in [4.78, 5) is 24.2. The zero-order valence-corrected chi connectivity index (χ0v) is 30.7. The molecule has 1 atom stereocenters. The molecule has 5 heteroatoms. The fourth-order valence-corrected chi connectivity index (χ4v) is 4.97. The zero-order valence-electron chi connectivity index (χ0n) is 30.7. The van der Waals surface area contributed by atoms with E-state index in [2.05, 4.69) is 44.2 Å². The lowest BCUT2D eigenvalue weighted by molar-refractivity contribution is -0.161. The van der Waals surface area contributed by atoms with Gasteiger partial charge in [-0.2, -0.15) is 0 Å². The van der Waals surface area contributed by atoms with Gasteiger partial charge in [-0.15, -0.1) is 0 Å². The van der Waals surface area contributed by atoms with E-state index in [1.165, 1.54) is 77.0 Å². The van der Waals surface area contributed by atoms with Crippen LogP contribution in [0.3, 0.4) is 0 Å². The first-order valence-electron chi connectivity index (χ1n) is 19.2. The fraction of sp³-hybridized carbons (Fsp3) is 0.628. The molecule has 5 nitrogen and oxygen atoms in total. The van der Waals surface area contributed by atoms with E-state index in [1.54, 1.807) is 0 Å². The van der Waals surface area contributed by atoms with Crippen molar-refractivity contribution in [2.75, 3.05) is 13.2 Å². The molecule has 0 aliphatic carbocycles. The topological polar surface area (TPSA) is 72.8 Å². The predicted octanol–water partition coefficient (Wildman–Crippen LogP) is 11.9. The quantitative estimate of drug-likeness (QED) is 0.0326. The average molecular weight is 667 g/mol. The van der Waals surface area contributed by atoms with Gasteiger partial charge in [0, 0.05) is 12.8 Å². The zero-order chi connectivity index (χ0) is 35.0. The largest absolute Gasteiger partial charge is 0.462 e. The number of aliphatic hydroxyl groups excluding tert-OH is 1. The summed E-state index contributed by atoms with van der Waals surface area (Å²) in [5.74, 6) is -0.684. The van der Waals surface area contributed by atoms with Crippen molar-refractivity contribution in [1.82, 2.24) is 0 Å². The first-order chi connectivity index (χ1) is 23.6. The Morgan fingerprint density at radius 1 is 0.500 bits per heavy atom. The number of esters is 2. The molecule has 0 heterocycles. The fourth-order valence-electron chi connectivity index (χ4n) is 4.97. The third-order valence-electron chi connectivity index (χ3n) is 7.81. The van der Waals surface area contributed by atoms with E-state index in [9.17, 15) is 14.7 Å². The molecule has 0 saturated carbocycles. The van der Waals surface area contributed by atoms with Crippen LogP contribution in [0.1, 0.15) is 155 Å². The number of rotatable bonds is 33. The number of aliphatic hydroxyl groups is 1. The van der Waals surface area contributed by atoms with Crippen molar-refractivity contribution in [1.29, 1.82) is 0 Å². The van der Waals surface area contributed by atoms with Gasteiger partial charge in [0.25, 0.3) is 0 Å². The molecule has 0 saturated heterocycles. The van der Waals surface area contributed by atoms with Gasteiger partial charge in [0.05, 0.1) is 6.61 Å². The van der Waals surface area contributed by atoms with Crippen LogP contribution in [0.5, 0.6) is 0 Å². The maximum atomic E-state index is 12.2. The van der Waals surface area contributed by atoms with Crippen molar-refractivity contribution in [2.45, 2.75) is 161 Å². The van der Waals surface area contributed by atoms with Crippen molar-refractivity contribution >= 4 is 11.9 Å². The van der Waals surface area contributed by atoms with Gasteiger partial charge in [-0.05, 0) is 51.4 Å². The van der Waals surface area contributed by atoms with Crippen LogP contribution in [-0.2, 0) is 19.1 Å². The van der Waals surface area contributed by atoms with E-state index in [-0.39, 0.29) is 31.6 Å². The van der Waals surface area contributed by atoms with Gasteiger partial charge in [0.15, 0.2) is 6.10 Å². The highest BCUT2D eigenvalue weighted by Gasteiger charge is 2.16. The van der Waals surface area contributed by atoms with Gasteiger partial charge in [-0.1, -0.05) is 176 Å². The molecule has 272 valence electrons. The first-order valence-corrected chi connectivity index (χ1v) is 19.2. The Bertz CT molecular complexity index is 937. The molecule has 0 amide bonds. The molecular weight excluding hydrogens is 596 g/mol. The molecule has 48 heavy (non-hydrogen) atoms. The van der Waals surface area contributed by atoms with Crippen LogP contribution in [-0.4, -0.2) is 36.4 Å². The number of hydrogen-bond acceptors (Lipinski definition) is 5. The molecule has 0 bridgehead atoms. The van der Waals surface area contributed by atoms with Gasteiger partial charge >= 0.3 is 11.9 Å². The van der Waals surface area contributed by atoms with Crippen molar-refractivity contribution in [2.24, 2.45) is 0 Å². The van der Waals surface area contributed by atoms with Crippen LogP contribution >= 0.6 is 0 Å². The molecule has 1 unspecified atom stereocenters. The van der Waals surface area contributed by atoms with Crippen molar-refractivity contribution in [3.8, 4) is 0 Å². The second kappa shape index (κ2) is 38.5. The van der Waals surface area contributed by atoms with Crippen LogP contribution in [0.25, 0.3) is 0 Å². The Balaban J connectivity index is 3.62. The summed E-state index contributed by atoms with van der Waals surface area (Å²) >= 11 is 0. The predicted molar refractivity (Wildman–Crippen MR) is 205 cm³/mol. The van der Waals surface area contributed by atoms with E-state index in [0.717, 1.165) is 44.9 Å². The summed E-state index contributed by atoms with van der Waals surface area (Å²) in [5.41, 5.74) is 0. The standard InChI is InChI=1S/C43H70O5/c1-3-5-7-9-11-13-15-17-18-19-20-21-22-23-24-26-28-30-32-34-36-38-43(46)48-41(39-44)40-47-42(45)37-35-33-31-29-27-25-16-14-12-10-8-6-4-2/h5-8,10-14,16,25,27,29,31,41,44H,3-4,9,15,17-24,26,28,30,32-40H2,1-2H3/b7-5+,8-6+,12-10+,13-11+,16-14+,27-25+,31-29+. The van der Waals surface area contributed by atoms with Crippen LogP contribution in [0, 0.1) is 0 Å². The molecular formula is C43H70O5. The van der Waals surface area contributed by atoms with Crippen molar-refractivity contribution in [3.05, 3.63) is 85.1 Å². The Hall–Kier alpha value is -2.92. The van der Waals surface area contributed by atoms with Crippen LogP contribution in [0.2, 0.25) is 0 Å². The lowest BCUT2D eigenvalue weighted by Gasteiger charge is -2.15. The summed E-state index contributed by atoms with van der Waals surface area (Å²) in [5, 5.41) is 9.53. The number of ether oxygens (including phenoxy) is 2. The smallest absolute Gasteiger partial charge is 0.306 e. The third kappa shape index (κ3) is 35.9. The molecule has 0 aromatic rings. The highest BCUT2D eigenvalue weighted by Crippen LogP contribution is 2.14. The molecule has 0 spiro atoms.